The fraction of sp³-hybridized carbons (Fsp3) is 0.300. The minimum Gasteiger partial charge on any atom is -0.325 e. The number of nitrogens with one attached hydrogen (secondary N) is 1. The lowest BCUT2D eigenvalue weighted by Crippen LogP contribution is -2.34. The molecule has 1 aromatic carbocycles. The monoisotopic (exact) mass is 320 g/mol. The smallest absolute Gasteiger partial charge is 0.239 e. The maximum absolute atomic E-state index is 11.5. The van der Waals surface area contributed by atoms with Gasteiger partial charge >= 0.3 is 0 Å². The van der Waals surface area contributed by atoms with Crippen LogP contribution in [0.15, 0.2) is 28.7 Å². The fourth-order valence-corrected chi connectivity index (χ4v) is 1.67. The van der Waals surface area contributed by atoms with Gasteiger partial charge in [0, 0.05) is 17.2 Å². The zero-order valence-electron chi connectivity index (χ0n) is 9.47. The molecule has 0 radical (unpaired) electrons. The van der Waals surface area contributed by atoms with Crippen molar-refractivity contribution in [1.29, 1.82) is 0 Å². The van der Waals surface area contributed by atoms with E-state index < -0.39 is 10.0 Å². The number of hydrogen-bond donors (Lipinski definition) is 1. The molecule has 1 rings (SSSR count). The van der Waals surface area contributed by atoms with Crippen LogP contribution in [0.1, 0.15) is 0 Å². The van der Waals surface area contributed by atoms with Crippen molar-refractivity contribution >= 4 is 37.5 Å². The van der Waals surface area contributed by atoms with Gasteiger partial charge < -0.3 is 5.32 Å². The zero-order chi connectivity index (χ0) is 13.1. The van der Waals surface area contributed by atoms with Crippen molar-refractivity contribution in [3.63, 3.8) is 0 Å². The molecule has 0 aromatic heterocycles. The lowest BCUT2D eigenvalue weighted by atomic mass is 10.3. The van der Waals surface area contributed by atoms with E-state index in [1.165, 1.54) is 7.05 Å². The minimum absolute atomic E-state index is 0.200. The Bertz CT molecular complexity index is 499. The van der Waals surface area contributed by atoms with Gasteiger partial charge in [0.1, 0.15) is 0 Å². The molecule has 0 aliphatic carbocycles. The summed E-state index contributed by atoms with van der Waals surface area (Å²) in [6, 6.07) is 7.02. The number of sulfonamides is 1. The molecule has 0 saturated carbocycles. The number of halogens is 1. The third-order valence-electron chi connectivity index (χ3n) is 2.06. The van der Waals surface area contributed by atoms with Crippen LogP contribution in [-0.4, -0.2) is 38.5 Å². The van der Waals surface area contributed by atoms with Crippen LogP contribution in [0.5, 0.6) is 0 Å². The van der Waals surface area contributed by atoms with Gasteiger partial charge in [0.15, 0.2) is 0 Å². The topological polar surface area (TPSA) is 66.5 Å². The normalized spacial score (nSPS) is 11.5. The number of benzene rings is 1. The molecule has 7 heteroatoms. The van der Waals surface area contributed by atoms with Gasteiger partial charge in [0.05, 0.1) is 12.8 Å². The van der Waals surface area contributed by atoms with Gasteiger partial charge in [-0.15, -0.1) is 0 Å². The summed E-state index contributed by atoms with van der Waals surface area (Å²) in [5.41, 5.74) is 0.625. The van der Waals surface area contributed by atoms with Gasteiger partial charge in [-0.1, -0.05) is 15.9 Å². The van der Waals surface area contributed by atoms with E-state index in [1.54, 1.807) is 24.3 Å². The molecule has 1 N–H and O–H groups in total. The van der Waals surface area contributed by atoms with Crippen LogP contribution in [0.3, 0.4) is 0 Å². The van der Waals surface area contributed by atoms with Crippen LogP contribution < -0.4 is 5.32 Å². The van der Waals surface area contributed by atoms with Crippen LogP contribution in [0.4, 0.5) is 5.69 Å². The summed E-state index contributed by atoms with van der Waals surface area (Å²) < 4.78 is 24.1. The standard InChI is InChI=1S/C10H13BrN2O3S/c1-13(17(2,15)16)7-10(14)12-9-5-3-8(11)4-6-9/h3-6H,7H2,1-2H3,(H,12,14). The first-order valence-electron chi connectivity index (χ1n) is 4.76. The van der Waals surface area contributed by atoms with Gasteiger partial charge in [0.25, 0.3) is 0 Å². The van der Waals surface area contributed by atoms with E-state index in [1.807, 2.05) is 0 Å². The van der Waals surface area contributed by atoms with Crippen molar-refractivity contribution in [2.45, 2.75) is 0 Å². The highest BCUT2D eigenvalue weighted by molar-refractivity contribution is 9.10. The Morgan fingerprint density at radius 2 is 1.88 bits per heavy atom. The predicted octanol–water partition coefficient (Wildman–Crippen LogP) is 1.28. The largest absolute Gasteiger partial charge is 0.325 e. The molecule has 0 unspecified atom stereocenters. The van der Waals surface area contributed by atoms with E-state index in [4.69, 9.17) is 0 Å². The molecule has 5 nitrogen and oxygen atoms in total. The number of carbonyl (C=O) groups excluding carboxylic acids is 1. The van der Waals surface area contributed by atoms with Gasteiger partial charge in [-0.25, -0.2) is 8.42 Å². The van der Waals surface area contributed by atoms with Crippen molar-refractivity contribution in [1.82, 2.24) is 4.31 Å². The summed E-state index contributed by atoms with van der Waals surface area (Å²) in [7, 11) is -1.97. The van der Waals surface area contributed by atoms with E-state index in [0.717, 1.165) is 15.0 Å². The molecule has 0 aliphatic heterocycles. The Balaban J connectivity index is 2.59. The Morgan fingerprint density at radius 1 is 1.35 bits per heavy atom. The summed E-state index contributed by atoms with van der Waals surface area (Å²) in [6.07, 6.45) is 1.06. The maximum Gasteiger partial charge on any atom is 0.239 e. The number of carbonyl (C=O) groups is 1. The molecule has 0 aliphatic rings. The lowest BCUT2D eigenvalue weighted by molar-refractivity contribution is -0.116. The first-order chi connectivity index (χ1) is 7.79. The molecule has 1 amide bonds. The second kappa shape index (κ2) is 5.61. The summed E-state index contributed by atoms with van der Waals surface area (Å²) in [5.74, 6) is -0.375. The molecule has 0 heterocycles. The number of rotatable bonds is 4. The molecular weight excluding hydrogens is 308 g/mol. The summed E-state index contributed by atoms with van der Waals surface area (Å²) in [4.78, 5) is 11.5. The molecule has 1 aromatic rings. The number of anilines is 1. The molecule has 0 spiro atoms. The van der Waals surface area contributed by atoms with E-state index in [-0.39, 0.29) is 12.5 Å². The number of amides is 1. The van der Waals surface area contributed by atoms with Crippen molar-refractivity contribution < 1.29 is 13.2 Å². The van der Waals surface area contributed by atoms with Crippen LogP contribution in [-0.2, 0) is 14.8 Å². The van der Waals surface area contributed by atoms with E-state index in [9.17, 15) is 13.2 Å². The summed E-state index contributed by atoms with van der Waals surface area (Å²) in [5, 5.41) is 2.61. The average molecular weight is 321 g/mol. The number of hydrogen-bond acceptors (Lipinski definition) is 3. The van der Waals surface area contributed by atoms with Crippen molar-refractivity contribution in [2.24, 2.45) is 0 Å². The zero-order valence-corrected chi connectivity index (χ0v) is 11.9. The minimum atomic E-state index is -3.33. The molecule has 0 fully saturated rings. The average Bonchev–Trinajstić information content (AvgIpc) is 2.20. The van der Waals surface area contributed by atoms with Crippen LogP contribution in [0.2, 0.25) is 0 Å². The highest BCUT2D eigenvalue weighted by atomic mass is 79.9. The van der Waals surface area contributed by atoms with Gasteiger partial charge in [-0.2, -0.15) is 4.31 Å². The van der Waals surface area contributed by atoms with Crippen LogP contribution in [0, 0.1) is 0 Å². The van der Waals surface area contributed by atoms with E-state index >= 15 is 0 Å². The van der Waals surface area contributed by atoms with Crippen LogP contribution >= 0.6 is 15.9 Å². The summed E-state index contributed by atoms with van der Waals surface area (Å²) >= 11 is 3.28. The number of likely N-dealkylation sites (N-methyl/N-ethyl adjacent to an activating group) is 1. The number of nitrogens with zero attached hydrogens (tertiary/aromatic N) is 1. The second-order valence-electron chi connectivity index (χ2n) is 3.57. The predicted molar refractivity (Wildman–Crippen MR) is 70.2 cm³/mol. The van der Waals surface area contributed by atoms with E-state index in [0.29, 0.717) is 5.69 Å². The highest BCUT2D eigenvalue weighted by Crippen LogP contribution is 2.13. The van der Waals surface area contributed by atoms with Crippen molar-refractivity contribution in [2.75, 3.05) is 25.2 Å². The van der Waals surface area contributed by atoms with Gasteiger partial charge in [0.2, 0.25) is 15.9 Å². The quantitative estimate of drug-likeness (QED) is 0.908. The third-order valence-corrected chi connectivity index (χ3v) is 3.85. The molecule has 17 heavy (non-hydrogen) atoms. The molecule has 0 atom stereocenters. The first-order valence-corrected chi connectivity index (χ1v) is 7.40. The Hall–Kier alpha value is -0.920. The SMILES string of the molecule is CN(CC(=O)Nc1ccc(Br)cc1)S(C)(=O)=O. The van der Waals surface area contributed by atoms with Gasteiger partial charge in [-0.05, 0) is 24.3 Å². The summed E-state index contributed by atoms with van der Waals surface area (Å²) in [6.45, 7) is -0.200. The Morgan fingerprint density at radius 3 is 2.35 bits per heavy atom. The molecular formula is C10H13BrN2O3S. The Kier molecular flexibility index (Phi) is 4.67. The highest BCUT2D eigenvalue weighted by Gasteiger charge is 2.14. The maximum atomic E-state index is 11.5. The fourth-order valence-electron chi connectivity index (χ4n) is 1.05. The molecule has 94 valence electrons. The second-order valence-corrected chi connectivity index (χ2v) is 6.58. The van der Waals surface area contributed by atoms with E-state index in [2.05, 4.69) is 21.2 Å². The lowest BCUT2D eigenvalue weighted by Gasteiger charge is -2.13. The van der Waals surface area contributed by atoms with Gasteiger partial charge in [-0.3, -0.25) is 4.79 Å². The third kappa shape index (κ3) is 4.84. The van der Waals surface area contributed by atoms with Crippen molar-refractivity contribution in [3.8, 4) is 0 Å². The first kappa shape index (κ1) is 14.1. The molecule has 0 bridgehead atoms. The van der Waals surface area contributed by atoms with Crippen LogP contribution in [0.25, 0.3) is 0 Å². The Labute approximate surface area is 109 Å². The van der Waals surface area contributed by atoms with Crippen molar-refractivity contribution in [3.05, 3.63) is 28.7 Å². The molecule has 0 saturated heterocycles.